The van der Waals surface area contributed by atoms with E-state index in [0.29, 0.717) is 16.3 Å². The lowest BCUT2D eigenvalue weighted by molar-refractivity contribution is 0.0558. The Morgan fingerprint density at radius 2 is 1.83 bits per heavy atom. The van der Waals surface area contributed by atoms with E-state index in [0.717, 1.165) is 30.0 Å². The lowest BCUT2D eigenvalue weighted by Gasteiger charge is -2.18. The van der Waals surface area contributed by atoms with Crippen LogP contribution in [0.25, 0.3) is 0 Å². The molecule has 3 aliphatic rings. The molecule has 9 heteroatoms. The zero-order valence-electron chi connectivity index (χ0n) is 16.8. The summed E-state index contributed by atoms with van der Waals surface area (Å²) < 4.78 is 5.46. The van der Waals surface area contributed by atoms with Crippen molar-refractivity contribution >= 4 is 34.4 Å². The summed E-state index contributed by atoms with van der Waals surface area (Å²) in [6.45, 7) is 1.24. The normalized spacial score (nSPS) is 22.1. The number of cyclic esters (lactones) is 1. The van der Waals surface area contributed by atoms with Gasteiger partial charge < -0.3 is 9.64 Å². The van der Waals surface area contributed by atoms with Gasteiger partial charge in [-0.05, 0) is 39.1 Å². The van der Waals surface area contributed by atoms with E-state index in [1.807, 2.05) is 5.38 Å². The largest absolute Gasteiger partial charge is 0.442 e. The number of ether oxygens (including phenoxy) is 1. The first-order valence-corrected chi connectivity index (χ1v) is 10.8. The number of imide groups is 1. The number of aromatic nitrogens is 1. The highest BCUT2D eigenvalue weighted by atomic mass is 32.1. The Bertz CT molecular complexity index is 1010. The predicted octanol–water partition coefficient (Wildman–Crippen LogP) is 2.36. The zero-order chi connectivity index (χ0) is 21.0. The highest BCUT2D eigenvalue weighted by Gasteiger charge is 2.47. The van der Waals surface area contributed by atoms with Crippen molar-refractivity contribution in [3.05, 3.63) is 46.5 Å². The minimum Gasteiger partial charge on any atom is -0.442 e. The van der Waals surface area contributed by atoms with E-state index in [9.17, 15) is 14.4 Å². The molecule has 1 aliphatic carbocycles. The Kier molecular flexibility index (Phi) is 4.41. The lowest BCUT2D eigenvalue weighted by Crippen LogP contribution is -2.38. The second-order valence-electron chi connectivity index (χ2n) is 8.42. The van der Waals surface area contributed by atoms with E-state index in [4.69, 9.17) is 9.72 Å². The molecule has 1 aromatic heterocycles. The third kappa shape index (κ3) is 3.09. The number of rotatable bonds is 6. The zero-order valence-corrected chi connectivity index (χ0v) is 17.6. The van der Waals surface area contributed by atoms with Crippen molar-refractivity contribution in [1.29, 1.82) is 0 Å². The fraction of sp³-hybridized carbons (Fsp3) is 0.429. The Labute approximate surface area is 178 Å². The summed E-state index contributed by atoms with van der Waals surface area (Å²) in [7, 11) is 4.10. The van der Waals surface area contributed by atoms with E-state index in [2.05, 4.69) is 19.0 Å². The number of hydrogen-bond donors (Lipinski definition) is 0. The molecule has 0 N–H and O–H groups in total. The molecule has 30 heavy (non-hydrogen) atoms. The number of anilines is 1. The van der Waals surface area contributed by atoms with Gasteiger partial charge in [0.25, 0.3) is 11.8 Å². The molecule has 0 spiro atoms. The number of hydrogen-bond acceptors (Lipinski definition) is 7. The van der Waals surface area contributed by atoms with Crippen molar-refractivity contribution in [3.8, 4) is 0 Å². The minimum atomic E-state index is -0.580. The Morgan fingerprint density at radius 1 is 1.17 bits per heavy atom. The number of nitrogens with zero attached hydrogens (tertiary/aromatic N) is 4. The first-order chi connectivity index (χ1) is 14.4. The van der Waals surface area contributed by atoms with Crippen molar-refractivity contribution in [2.24, 2.45) is 0 Å². The summed E-state index contributed by atoms with van der Waals surface area (Å²) >= 11 is 1.43. The number of likely N-dealkylation sites (N-methyl/N-ethyl adjacent to an activating group) is 1. The number of amides is 3. The van der Waals surface area contributed by atoms with Gasteiger partial charge in [-0.3, -0.25) is 14.5 Å². The summed E-state index contributed by atoms with van der Waals surface area (Å²) in [5, 5.41) is 2.63. The van der Waals surface area contributed by atoms with E-state index >= 15 is 0 Å². The Morgan fingerprint density at radius 3 is 2.43 bits per heavy atom. The molecule has 1 saturated carbocycles. The van der Waals surface area contributed by atoms with Crippen LogP contribution in [0.1, 0.15) is 39.3 Å². The molecule has 1 saturated heterocycles. The summed E-state index contributed by atoms with van der Waals surface area (Å²) in [6, 6.07) is 6.74. The smallest absolute Gasteiger partial charge is 0.416 e. The highest BCUT2D eigenvalue weighted by molar-refractivity contribution is 7.14. The number of fused-ring (bicyclic) bond motifs is 1. The molecule has 0 bridgehead atoms. The monoisotopic (exact) mass is 426 g/mol. The topological polar surface area (TPSA) is 83.0 Å². The van der Waals surface area contributed by atoms with Crippen LogP contribution in [0.15, 0.2) is 29.6 Å². The standard InChI is InChI=1S/C21H22N4O4S/c1-23(2)12-21(7-8-21)16-11-30-19(22-16)25-10-13(29-20(25)28)9-24-17(26)14-5-3-4-6-15(14)18(24)27/h3-6,11,13H,7-10,12H2,1-2H3/t13-/m0/s1. The SMILES string of the molecule is CN(C)CC1(c2csc(N3C[C@H](CN4C(=O)c5ccccc5C4=O)OC3=O)n2)CC1. The maximum absolute atomic E-state index is 12.6. The molecule has 8 nitrogen and oxygen atoms in total. The molecule has 5 rings (SSSR count). The van der Waals surface area contributed by atoms with Gasteiger partial charge in [0, 0.05) is 17.3 Å². The van der Waals surface area contributed by atoms with Crippen LogP contribution in [0.4, 0.5) is 9.93 Å². The van der Waals surface area contributed by atoms with Crippen LogP contribution >= 0.6 is 11.3 Å². The number of benzene rings is 1. The second-order valence-corrected chi connectivity index (χ2v) is 9.25. The number of carbonyl (C=O) groups is 3. The van der Waals surface area contributed by atoms with Gasteiger partial charge in [0.15, 0.2) is 5.13 Å². The predicted molar refractivity (Wildman–Crippen MR) is 111 cm³/mol. The van der Waals surface area contributed by atoms with E-state index < -0.39 is 12.2 Å². The van der Waals surface area contributed by atoms with Crippen LogP contribution in [-0.2, 0) is 10.2 Å². The van der Waals surface area contributed by atoms with Crippen molar-refractivity contribution in [2.75, 3.05) is 38.6 Å². The molecule has 3 heterocycles. The molecule has 1 aromatic carbocycles. The molecule has 2 fully saturated rings. The lowest BCUT2D eigenvalue weighted by atomic mass is 10.0. The average Bonchev–Trinajstić information content (AvgIpc) is 3.07. The van der Waals surface area contributed by atoms with Crippen molar-refractivity contribution in [1.82, 2.24) is 14.8 Å². The van der Waals surface area contributed by atoms with Crippen LogP contribution in [0.3, 0.4) is 0 Å². The molecule has 3 amide bonds. The second kappa shape index (κ2) is 6.88. The Hall–Kier alpha value is -2.78. The molecular weight excluding hydrogens is 404 g/mol. The van der Waals surface area contributed by atoms with Gasteiger partial charge in [-0.25, -0.2) is 14.7 Å². The van der Waals surface area contributed by atoms with E-state index in [-0.39, 0.29) is 30.3 Å². The summed E-state index contributed by atoms with van der Waals surface area (Å²) in [5.41, 5.74) is 1.89. The fourth-order valence-electron chi connectivity index (χ4n) is 4.26. The molecular formula is C21H22N4O4S. The van der Waals surface area contributed by atoms with E-state index in [1.165, 1.54) is 16.2 Å². The maximum atomic E-state index is 12.6. The molecule has 2 aliphatic heterocycles. The van der Waals surface area contributed by atoms with Gasteiger partial charge in [0.1, 0.15) is 6.10 Å². The van der Waals surface area contributed by atoms with Crippen LogP contribution in [0.5, 0.6) is 0 Å². The van der Waals surface area contributed by atoms with Gasteiger partial charge in [-0.1, -0.05) is 12.1 Å². The van der Waals surface area contributed by atoms with Crippen LogP contribution in [0, 0.1) is 0 Å². The maximum Gasteiger partial charge on any atom is 0.416 e. The molecule has 156 valence electrons. The van der Waals surface area contributed by atoms with Crippen LogP contribution < -0.4 is 4.90 Å². The van der Waals surface area contributed by atoms with Crippen molar-refractivity contribution in [3.63, 3.8) is 0 Å². The Balaban J connectivity index is 1.28. The van der Waals surface area contributed by atoms with Crippen LogP contribution in [0.2, 0.25) is 0 Å². The number of carbonyl (C=O) groups excluding carboxylic acids is 3. The molecule has 2 aromatic rings. The average molecular weight is 426 g/mol. The van der Waals surface area contributed by atoms with Gasteiger partial charge in [0.05, 0.1) is 29.9 Å². The van der Waals surface area contributed by atoms with Crippen LogP contribution in [-0.4, -0.2) is 72.5 Å². The van der Waals surface area contributed by atoms with Crippen molar-refractivity contribution < 1.29 is 19.1 Å². The van der Waals surface area contributed by atoms with E-state index in [1.54, 1.807) is 24.3 Å². The van der Waals surface area contributed by atoms with Gasteiger partial charge >= 0.3 is 6.09 Å². The number of thiazole rings is 1. The third-order valence-electron chi connectivity index (χ3n) is 5.88. The first kappa shape index (κ1) is 19.2. The molecule has 0 radical (unpaired) electrons. The molecule has 0 unspecified atom stereocenters. The van der Waals surface area contributed by atoms with Gasteiger partial charge in [0.2, 0.25) is 0 Å². The summed E-state index contributed by atoms with van der Waals surface area (Å²) in [6.07, 6.45) is 1.13. The quantitative estimate of drug-likeness (QED) is 0.660. The molecule has 1 atom stereocenters. The van der Waals surface area contributed by atoms with Gasteiger partial charge in [-0.2, -0.15) is 0 Å². The van der Waals surface area contributed by atoms with Crippen molar-refractivity contribution in [2.45, 2.75) is 24.4 Å². The first-order valence-electron chi connectivity index (χ1n) is 9.92. The van der Waals surface area contributed by atoms with Gasteiger partial charge in [-0.15, -0.1) is 11.3 Å². The summed E-state index contributed by atoms with van der Waals surface area (Å²) in [5.74, 6) is -0.693. The minimum absolute atomic E-state index is 0.0391. The fourth-order valence-corrected chi connectivity index (χ4v) is 5.21. The summed E-state index contributed by atoms with van der Waals surface area (Å²) in [4.78, 5) is 47.2. The highest BCUT2D eigenvalue weighted by Crippen LogP contribution is 2.49. The third-order valence-corrected chi connectivity index (χ3v) is 6.74.